The van der Waals surface area contributed by atoms with Gasteiger partial charge in [0.05, 0.1) is 12.1 Å². The number of aromatic amines is 1. The summed E-state index contributed by atoms with van der Waals surface area (Å²) in [5, 5.41) is 1.20. The minimum Gasteiger partial charge on any atom is -0.467 e. The van der Waals surface area contributed by atoms with E-state index in [1.807, 2.05) is 6.20 Å². The van der Waals surface area contributed by atoms with Crippen molar-refractivity contribution in [3.05, 3.63) is 36.0 Å². The van der Waals surface area contributed by atoms with Crippen LogP contribution < -0.4 is 0 Å². The van der Waals surface area contributed by atoms with Gasteiger partial charge in [0, 0.05) is 38.0 Å². The number of rotatable bonds is 1. The molecule has 1 atom stereocenters. The molecule has 1 aromatic carbocycles. The third-order valence-electron chi connectivity index (χ3n) is 5.43. The number of hydrogen-bond acceptors (Lipinski definition) is 3. The van der Waals surface area contributed by atoms with E-state index >= 15 is 0 Å². The molecule has 0 aliphatic carbocycles. The van der Waals surface area contributed by atoms with E-state index in [2.05, 4.69) is 34.1 Å². The van der Waals surface area contributed by atoms with Gasteiger partial charge in [-0.15, -0.1) is 0 Å². The molecule has 1 N–H and O–H groups in total. The fraction of sp³-hybridized carbons (Fsp3) is 0.471. The van der Waals surface area contributed by atoms with Crippen molar-refractivity contribution >= 4 is 25.2 Å². The zero-order valence-corrected chi connectivity index (χ0v) is 12.6. The first-order valence-corrected chi connectivity index (χ1v) is 7.86. The van der Waals surface area contributed by atoms with E-state index in [1.165, 1.54) is 31.3 Å². The van der Waals surface area contributed by atoms with Crippen LogP contribution in [0.2, 0.25) is 0 Å². The second kappa shape index (κ2) is 4.88. The second-order valence-corrected chi connectivity index (χ2v) is 6.59. The number of hydrogen-bond donors (Lipinski definition) is 1. The van der Waals surface area contributed by atoms with E-state index in [-0.39, 0.29) is 14.0 Å². The van der Waals surface area contributed by atoms with Crippen molar-refractivity contribution in [3.8, 4) is 0 Å². The smallest absolute Gasteiger partial charge is 0.219 e. The number of fused-ring (bicyclic) bond motifs is 3. The highest BCUT2D eigenvalue weighted by Gasteiger charge is 2.51. The number of nitrogens with zero attached hydrogens (tertiary/aromatic N) is 2. The number of nitrogens with one attached hydrogen (secondary N) is 1. The molecule has 3 radical (unpaired) electrons. The summed E-state index contributed by atoms with van der Waals surface area (Å²) in [7, 11) is 0. The fourth-order valence-electron chi connectivity index (χ4n) is 4.27. The van der Waals surface area contributed by atoms with Gasteiger partial charge >= 0.3 is 0 Å². The van der Waals surface area contributed by atoms with E-state index in [4.69, 9.17) is 9.73 Å². The van der Waals surface area contributed by atoms with Crippen molar-refractivity contribution < 1.29 is 4.74 Å². The van der Waals surface area contributed by atoms with Crippen LogP contribution in [0, 0.1) is 5.92 Å². The molecule has 2 bridgehead atoms. The minimum absolute atomic E-state index is 0. The van der Waals surface area contributed by atoms with E-state index in [1.54, 1.807) is 0 Å². The Kier molecular flexibility index (Phi) is 3.08. The monoisotopic (exact) mass is 292 g/mol. The van der Waals surface area contributed by atoms with E-state index in [0.717, 1.165) is 30.1 Å². The topological polar surface area (TPSA) is 40.6 Å². The summed E-state index contributed by atoms with van der Waals surface area (Å²) in [5.41, 5.74) is 2.21. The van der Waals surface area contributed by atoms with Crippen LogP contribution in [0.25, 0.3) is 10.9 Å². The number of para-hydroxylation sites is 1. The number of ether oxygens (including phenoxy) is 1. The van der Waals surface area contributed by atoms with E-state index < -0.39 is 0 Å². The first-order valence-electron chi connectivity index (χ1n) is 7.86. The van der Waals surface area contributed by atoms with Crippen LogP contribution in [0.5, 0.6) is 0 Å². The molecule has 1 aromatic heterocycles. The lowest BCUT2D eigenvalue weighted by molar-refractivity contribution is -0.0825. The van der Waals surface area contributed by atoms with Crippen LogP contribution in [0.15, 0.2) is 35.5 Å². The van der Waals surface area contributed by atoms with Crippen molar-refractivity contribution in [3.63, 3.8) is 0 Å². The lowest BCUT2D eigenvalue weighted by Crippen LogP contribution is -2.60. The molecule has 22 heavy (non-hydrogen) atoms. The van der Waals surface area contributed by atoms with Gasteiger partial charge < -0.3 is 9.72 Å². The molecule has 3 saturated heterocycles. The number of aromatic nitrogens is 1. The fourth-order valence-corrected chi connectivity index (χ4v) is 4.27. The average molecular weight is 292 g/mol. The largest absolute Gasteiger partial charge is 0.467 e. The zero-order chi connectivity index (χ0) is 13.9. The Morgan fingerprint density at radius 2 is 2.05 bits per heavy atom. The molecule has 3 fully saturated rings. The number of aliphatic imine (C=N–C) groups is 1. The van der Waals surface area contributed by atoms with Gasteiger partial charge in [-0.3, -0.25) is 4.90 Å². The zero-order valence-electron chi connectivity index (χ0n) is 12.6. The molecule has 1 unspecified atom stereocenters. The van der Waals surface area contributed by atoms with E-state index in [0.29, 0.717) is 5.92 Å². The van der Waals surface area contributed by atoms with Crippen molar-refractivity contribution in [2.75, 3.05) is 26.2 Å². The Morgan fingerprint density at radius 1 is 1.23 bits per heavy atom. The molecule has 6 rings (SSSR count). The Bertz CT molecular complexity index is 732. The maximum Gasteiger partial charge on any atom is 0.219 e. The maximum absolute atomic E-state index is 6.46. The first-order chi connectivity index (χ1) is 10.3. The third-order valence-corrected chi connectivity index (χ3v) is 5.43. The Morgan fingerprint density at radius 3 is 2.82 bits per heavy atom. The van der Waals surface area contributed by atoms with Gasteiger partial charge in [-0.25, -0.2) is 4.99 Å². The highest BCUT2D eigenvalue weighted by Crippen LogP contribution is 2.42. The predicted molar refractivity (Wildman–Crippen MR) is 88.4 cm³/mol. The highest BCUT2D eigenvalue weighted by atomic mass is 16.5. The van der Waals surface area contributed by atoms with Crippen LogP contribution >= 0.6 is 0 Å². The van der Waals surface area contributed by atoms with Crippen LogP contribution in [0.4, 0.5) is 0 Å². The van der Waals surface area contributed by atoms with Gasteiger partial charge in [0.15, 0.2) is 0 Å². The Labute approximate surface area is 132 Å². The van der Waals surface area contributed by atoms with Gasteiger partial charge in [0.1, 0.15) is 5.60 Å². The molecular formula is C17H19BN3O. The normalized spacial score (nSPS) is 32.8. The summed E-state index contributed by atoms with van der Waals surface area (Å²) in [6.07, 6.45) is 4.55. The van der Waals surface area contributed by atoms with Crippen molar-refractivity contribution in [1.29, 1.82) is 0 Å². The Hall–Kier alpha value is -1.75. The van der Waals surface area contributed by atoms with Crippen molar-refractivity contribution in [1.82, 2.24) is 9.88 Å². The molecule has 111 valence electrons. The molecule has 5 heterocycles. The number of H-pyrrole nitrogens is 1. The second-order valence-electron chi connectivity index (χ2n) is 6.59. The minimum atomic E-state index is -0.0514. The Balaban J connectivity index is 0.00000125. The molecule has 0 saturated carbocycles. The summed E-state index contributed by atoms with van der Waals surface area (Å²) in [6, 6.07) is 8.35. The maximum atomic E-state index is 6.46. The van der Waals surface area contributed by atoms with Crippen LogP contribution in [-0.2, 0) is 4.74 Å². The molecule has 1 spiro atoms. The summed E-state index contributed by atoms with van der Waals surface area (Å²) in [5.74, 6) is 1.51. The standard InChI is InChI=1S/C17H19N3O.B/c1-2-4-15-13(3-1)14(9-18-15)16-19-10-17(21-16)11-20-7-5-12(17)6-8-20;/h1-4,9,12,18H,5-8,10-11H2;. The molecular weight excluding hydrogens is 273 g/mol. The quantitative estimate of drug-likeness (QED) is 0.817. The number of benzene rings is 1. The lowest BCUT2D eigenvalue weighted by atomic mass is 9.75. The van der Waals surface area contributed by atoms with Gasteiger partial charge in [0.2, 0.25) is 5.90 Å². The van der Waals surface area contributed by atoms with Gasteiger partial charge in [0.25, 0.3) is 0 Å². The first kappa shape index (κ1) is 13.9. The van der Waals surface area contributed by atoms with E-state index in [9.17, 15) is 0 Å². The SMILES string of the molecule is [B].c1ccc2c(C3=NCC4(CN5CCC4CC5)O3)c[nH]c2c1. The van der Waals surface area contributed by atoms with Gasteiger partial charge in [-0.1, -0.05) is 18.2 Å². The molecule has 0 amide bonds. The summed E-state index contributed by atoms with van der Waals surface area (Å²) in [6.45, 7) is 4.34. The molecule has 4 aliphatic rings. The summed E-state index contributed by atoms with van der Waals surface area (Å²) >= 11 is 0. The predicted octanol–water partition coefficient (Wildman–Crippen LogP) is 2.03. The average Bonchev–Trinajstić information content (AvgIpc) is 3.13. The lowest BCUT2D eigenvalue weighted by Gasteiger charge is -2.50. The summed E-state index contributed by atoms with van der Waals surface area (Å²) < 4.78 is 6.46. The van der Waals surface area contributed by atoms with Crippen molar-refractivity contribution in [2.45, 2.75) is 18.4 Å². The summed E-state index contributed by atoms with van der Waals surface area (Å²) in [4.78, 5) is 10.6. The van der Waals surface area contributed by atoms with Crippen LogP contribution in [-0.4, -0.2) is 56.0 Å². The van der Waals surface area contributed by atoms with Crippen LogP contribution in [0.1, 0.15) is 18.4 Å². The number of piperidine rings is 3. The van der Waals surface area contributed by atoms with Crippen molar-refractivity contribution in [2.24, 2.45) is 10.9 Å². The molecule has 4 nitrogen and oxygen atoms in total. The molecule has 5 heteroatoms. The highest BCUT2D eigenvalue weighted by molar-refractivity contribution is 6.07. The van der Waals surface area contributed by atoms with Gasteiger partial charge in [-0.05, 0) is 32.0 Å². The van der Waals surface area contributed by atoms with Crippen LogP contribution in [0.3, 0.4) is 0 Å². The third kappa shape index (κ3) is 1.85. The molecule has 4 aliphatic heterocycles. The molecule has 2 aromatic rings. The van der Waals surface area contributed by atoms with Gasteiger partial charge in [-0.2, -0.15) is 0 Å².